The van der Waals surface area contributed by atoms with E-state index in [2.05, 4.69) is 10.3 Å². The lowest BCUT2D eigenvalue weighted by Gasteiger charge is -2.23. The maximum Gasteiger partial charge on any atom is 0.407 e. The van der Waals surface area contributed by atoms with Gasteiger partial charge in [-0.25, -0.2) is 19.6 Å². The number of amides is 2. The Kier molecular flexibility index (Phi) is 8.36. The number of hydroxylamine groups is 2. The van der Waals surface area contributed by atoms with Crippen molar-refractivity contribution in [2.24, 2.45) is 10.7 Å². The zero-order chi connectivity index (χ0) is 23.9. The lowest BCUT2D eigenvalue weighted by atomic mass is 10.0. The number of aliphatic imine (C=N–C) groups is 1. The number of aromatic carboxylic acids is 1. The van der Waals surface area contributed by atoms with Gasteiger partial charge in [0.1, 0.15) is 11.4 Å². The van der Waals surface area contributed by atoms with Gasteiger partial charge in [-0.3, -0.25) is 9.63 Å². The Morgan fingerprint density at radius 3 is 2.62 bits per heavy atom. The van der Waals surface area contributed by atoms with E-state index < -0.39 is 17.7 Å². The minimum atomic E-state index is -1.08. The Hall–Kier alpha value is -3.40. The average Bonchev–Trinajstić information content (AvgIpc) is 2.85. The standard InChI is InChI=1S/C22H30N4O6/c1-5-9-26(31-10-8-24-21(30)32-22(2,3)4)19(27)16-11-14-6-7-15(20(28)29)12-17(14)25-18(23)13-16/h6-7,11-12H,5,8-10,13H2,1-4H3,(H2,23,25)(H,24,30)(H,28,29). The van der Waals surface area contributed by atoms with E-state index in [-0.39, 0.29) is 36.9 Å². The van der Waals surface area contributed by atoms with Crippen LogP contribution < -0.4 is 11.1 Å². The van der Waals surface area contributed by atoms with E-state index in [4.69, 9.17) is 15.3 Å². The fraction of sp³-hybridized carbons (Fsp3) is 0.455. The van der Waals surface area contributed by atoms with Crippen molar-refractivity contribution in [2.45, 2.75) is 46.1 Å². The Labute approximate surface area is 187 Å². The van der Waals surface area contributed by atoms with Crippen molar-refractivity contribution < 1.29 is 29.1 Å². The summed E-state index contributed by atoms with van der Waals surface area (Å²) in [5.74, 6) is -1.26. The number of alkyl carbamates (subject to hydrolysis) is 1. The molecule has 1 aromatic carbocycles. The molecule has 4 N–H and O–H groups in total. The number of hydrogen-bond donors (Lipinski definition) is 3. The number of carboxylic acid groups (broad SMARTS) is 1. The van der Waals surface area contributed by atoms with Crippen LogP contribution in [0.5, 0.6) is 0 Å². The minimum Gasteiger partial charge on any atom is -0.478 e. The van der Waals surface area contributed by atoms with Crippen molar-refractivity contribution in [3.8, 4) is 0 Å². The summed E-state index contributed by atoms with van der Waals surface area (Å²) in [5, 5.41) is 13.0. The van der Waals surface area contributed by atoms with Gasteiger partial charge < -0.3 is 20.9 Å². The van der Waals surface area contributed by atoms with Gasteiger partial charge in [0.15, 0.2) is 0 Å². The molecule has 0 saturated carbocycles. The van der Waals surface area contributed by atoms with Crippen LogP contribution in [-0.4, -0.2) is 59.3 Å². The highest BCUT2D eigenvalue weighted by Gasteiger charge is 2.23. The van der Waals surface area contributed by atoms with Gasteiger partial charge in [0.25, 0.3) is 5.91 Å². The molecule has 0 aromatic heterocycles. The summed E-state index contributed by atoms with van der Waals surface area (Å²) in [5.41, 5.74) is 6.78. The van der Waals surface area contributed by atoms with Crippen molar-refractivity contribution in [3.05, 3.63) is 34.9 Å². The number of carboxylic acids is 1. The number of benzene rings is 1. The van der Waals surface area contributed by atoms with Crippen LogP contribution in [0.25, 0.3) is 6.08 Å². The topological polar surface area (TPSA) is 144 Å². The molecule has 32 heavy (non-hydrogen) atoms. The zero-order valence-corrected chi connectivity index (χ0v) is 18.8. The van der Waals surface area contributed by atoms with Gasteiger partial charge in [-0.15, -0.1) is 0 Å². The Balaban J connectivity index is 2.09. The predicted octanol–water partition coefficient (Wildman–Crippen LogP) is 2.86. The number of ether oxygens (including phenoxy) is 1. The van der Waals surface area contributed by atoms with Crippen LogP contribution in [0.15, 0.2) is 28.8 Å². The van der Waals surface area contributed by atoms with Gasteiger partial charge >= 0.3 is 12.1 Å². The van der Waals surface area contributed by atoms with Crippen molar-refractivity contribution in [3.63, 3.8) is 0 Å². The molecule has 0 spiro atoms. The first-order valence-corrected chi connectivity index (χ1v) is 10.3. The van der Waals surface area contributed by atoms with Gasteiger partial charge in [0.05, 0.1) is 17.9 Å². The van der Waals surface area contributed by atoms with Gasteiger partial charge in [-0.2, -0.15) is 0 Å². The molecule has 1 aromatic rings. The fourth-order valence-electron chi connectivity index (χ4n) is 2.87. The summed E-state index contributed by atoms with van der Waals surface area (Å²) in [4.78, 5) is 45.9. The normalized spacial score (nSPS) is 13.2. The molecule has 0 radical (unpaired) electrons. The number of nitrogens with one attached hydrogen (secondary N) is 1. The second-order valence-electron chi connectivity index (χ2n) is 8.20. The Morgan fingerprint density at radius 1 is 1.28 bits per heavy atom. The third kappa shape index (κ3) is 7.38. The molecule has 0 bridgehead atoms. The van der Waals surface area contributed by atoms with E-state index in [1.165, 1.54) is 17.2 Å². The lowest BCUT2D eigenvalue weighted by molar-refractivity contribution is -0.181. The highest BCUT2D eigenvalue weighted by molar-refractivity contribution is 6.05. The third-order valence-corrected chi connectivity index (χ3v) is 4.19. The maximum absolute atomic E-state index is 13.1. The van der Waals surface area contributed by atoms with Crippen LogP contribution in [0, 0.1) is 0 Å². The molecular formula is C22H30N4O6. The van der Waals surface area contributed by atoms with Gasteiger partial charge in [0.2, 0.25) is 0 Å². The van der Waals surface area contributed by atoms with E-state index in [1.807, 2.05) is 6.92 Å². The lowest BCUT2D eigenvalue weighted by Crippen LogP contribution is -2.38. The number of hydrogen-bond acceptors (Lipinski definition) is 7. The molecule has 1 heterocycles. The monoisotopic (exact) mass is 446 g/mol. The molecule has 1 aliphatic heterocycles. The molecule has 0 aliphatic carbocycles. The minimum absolute atomic E-state index is 0.0698. The first kappa shape index (κ1) is 24.9. The second-order valence-corrected chi connectivity index (χ2v) is 8.20. The largest absolute Gasteiger partial charge is 0.478 e. The number of rotatable bonds is 8. The predicted molar refractivity (Wildman–Crippen MR) is 119 cm³/mol. The van der Waals surface area contributed by atoms with Crippen molar-refractivity contribution in [2.75, 3.05) is 19.7 Å². The van der Waals surface area contributed by atoms with Crippen LogP contribution >= 0.6 is 0 Å². The molecule has 10 nitrogen and oxygen atoms in total. The molecule has 1 aliphatic rings. The summed E-state index contributed by atoms with van der Waals surface area (Å²) in [6.07, 6.45) is 1.82. The highest BCUT2D eigenvalue weighted by Crippen LogP contribution is 2.28. The molecular weight excluding hydrogens is 416 g/mol. The molecule has 10 heteroatoms. The Morgan fingerprint density at radius 2 is 2.00 bits per heavy atom. The van der Waals surface area contributed by atoms with Crippen LogP contribution in [0.1, 0.15) is 56.5 Å². The first-order chi connectivity index (χ1) is 15.0. The molecule has 0 atom stereocenters. The zero-order valence-electron chi connectivity index (χ0n) is 18.8. The number of carbonyl (C=O) groups is 3. The van der Waals surface area contributed by atoms with E-state index in [1.54, 1.807) is 32.9 Å². The summed E-state index contributed by atoms with van der Waals surface area (Å²) in [6, 6.07) is 4.44. The number of fused-ring (bicyclic) bond motifs is 1. The fourth-order valence-corrected chi connectivity index (χ4v) is 2.87. The van der Waals surface area contributed by atoms with Gasteiger partial charge in [0, 0.05) is 30.6 Å². The van der Waals surface area contributed by atoms with Crippen molar-refractivity contribution in [1.82, 2.24) is 10.4 Å². The maximum atomic E-state index is 13.1. The number of nitrogens with two attached hydrogens (primary N) is 1. The summed E-state index contributed by atoms with van der Waals surface area (Å²) in [6.45, 7) is 7.77. The van der Waals surface area contributed by atoms with Crippen LogP contribution in [0.3, 0.4) is 0 Å². The van der Waals surface area contributed by atoms with Crippen LogP contribution in [0.2, 0.25) is 0 Å². The first-order valence-electron chi connectivity index (χ1n) is 10.3. The molecule has 2 amide bonds. The summed E-state index contributed by atoms with van der Waals surface area (Å²) in [7, 11) is 0. The summed E-state index contributed by atoms with van der Waals surface area (Å²) < 4.78 is 5.16. The highest BCUT2D eigenvalue weighted by atomic mass is 16.7. The second kappa shape index (κ2) is 10.8. The van der Waals surface area contributed by atoms with Gasteiger partial charge in [-0.05, 0) is 45.4 Å². The van der Waals surface area contributed by atoms with E-state index >= 15 is 0 Å². The van der Waals surface area contributed by atoms with Crippen molar-refractivity contribution >= 4 is 35.6 Å². The van der Waals surface area contributed by atoms with Crippen LogP contribution in [0.4, 0.5) is 10.5 Å². The quantitative estimate of drug-likeness (QED) is 0.411. The van der Waals surface area contributed by atoms with Crippen LogP contribution in [-0.2, 0) is 14.4 Å². The van der Waals surface area contributed by atoms with E-state index in [0.717, 1.165) is 0 Å². The van der Waals surface area contributed by atoms with E-state index in [9.17, 15) is 19.5 Å². The summed E-state index contributed by atoms with van der Waals surface area (Å²) >= 11 is 0. The molecule has 174 valence electrons. The van der Waals surface area contributed by atoms with Gasteiger partial charge in [-0.1, -0.05) is 13.0 Å². The molecule has 0 saturated heterocycles. The molecule has 2 rings (SSSR count). The molecule has 0 fully saturated rings. The number of amidine groups is 1. The number of nitrogens with zero attached hydrogens (tertiary/aromatic N) is 2. The Bertz CT molecular complexity index is 933. The smallest absolute Gasteiger partial charge is 0.407 e. The SMILES string of the molecule is CCCN(OCCNC(=O)OC(C)(C)C)C(=O)C1=Cc2ccc(C(=O)O)cc2N=C(N)C1. The molecule has 0 unspecified atom stereocenters. The third-order valence-electron chi connectivity index (χ3n) is 4.19. The van der Waals surface area contributed by atoms with E-state index in [0.29, 0.717) is 29.8 Å². The number of carbonyl (C=O) groups excluding carboxylic acids is 2. The average molecular weight is 447 g/mol. The van der Waals surface area contributed by atoms with Crippen molar-refractivity contribution in [1.29, 1.82) is 0 Å².